The number of ether oxygens (including phenoxy) is 1. The molecule has 2 heteroatoms. The summed E-state index contributed by atoms with van der Waals surface area (Å²) < 4.78 is 5.42. The predicted molar refractivity (Wildman–Crippen MR) is 59.4 cm³/mol. The second-order valence-corrected chi connectivity index (χ2v) is 5.07. The molecule has 2 nitrogen and oxygen atoms in total. The van der Waals surface area contributed by atoms with Crippen LogP contribution >= 0.6 is 0 Å². The summed E-state index contributed by atoms with van der Waals surface area (Å²) >= 11 is 0. The van der Waals surface area contributed by atoms with Crippen LogP contribution in [0.25, 0.3) is 0 Å². The highest BCUT2D eigenvalue weighted by atomic mass is 16.5. The molecule has 0 aromatic heterocycles. The lowest BCUT2D eigenvalue weighted by molar-refractivity contribution is -0.146. The number of carbonyl (C=O) groups is 1. The van der Waals surface area contributed by atoms with E-state index in [2.05, 4.69) is 6.58 Å². The van der Waals surface area contributed by atoms with Crippen molar-refractivity contribution in [2.45, 2.75) is 51.6 Å². The summed E-state index contributed by atoms with van der Waals surface area (Å²) in [5.41, 5.74) is 0.517. The molecule has 0 amide bonds. The second kappa shape index (κ2) is 4.38. The van der Waals surface area contributed by atoms with Gasteiger partial charge in [0.2, 0.25) is 0 Å². The normalized spacial score (nSPS) is 34.6. The van der Waals surface area contributed by atoms with E-state index in [0.717, 1.165) is 24.7 Å². The van der Waals surface area contributed by atoms with Crippen molar-refractivity contribution >= 4 is 5.97 Å². The minimum Gasteiger partial charge on any atom is -0.459 e. The van der Waals surface area contributed by atoms with E-state index in [1.165, 1.54) is 25.7 Å². The number of fused-ring (bicyclic) bond motifs is 1. The van der Waals surface area contributed by atoms with Gasteiger partial charge in [0, 0.05) is 5.57 Å². The van der Waals surface area contributed by atoms with E-state index in [9.17, 15) is 4.79 Å². The predicted octanol–water partition coefficient (Wildman–Crippen LogP) is 3.07. The van der Waals surface area contributed by atoms with Crippen LogP contribution in [-0.4, -0.2) is 12.1 Å². The van der Waals surface area contributed by atoms with Crippen LogP contribution in [0.5, 0.6) is 0 Å². The van der Waals surface area contributed by atoms with E-state index >= 15 is 0 Å². The summed E-state index contributed by atoms with van der Waals surface area (Å²) in [6.45, 7) is 5.32. The smallest absolute Gasteiger partial charge is 0.333 e. The fourth-order valence-corrected chi connectivity index (χ4v) is 3.02. The molecule has 0 aliphatic heterocycles. The molecule has 0 aromatic rings. The van der Waals surface area contributed by atoms with E-state index in [-0.39, 0.29) is 12.1 Å². The summed E-state index contributed by atoms with van der Waals surface area (Å²) in [7, 11) is 0. The molecule has 0 heterocycles. The molecule has 2 aliphatic carbocycles. The maximum absolute atomic E-state index is 11.4. The van der Waals surface area contributed by atoms with Crippen molar-refractivity contribution < 1.29 is 9.53 Å². The molecule has 2 rings (SSSR count). The number of carbonyl (C=O) groups excluding carboxylic acids is 1. The van der Waals surface area contributed by atoms with Crippen molar-refractivity contribution in [3.8, 4) is 0 Å². The Bertz CT molecular complexity index is 270. The topological polar surface area (TPSA) is 26.3 Å². The van der Waals surface area contributed by atoms with Gasteiger partial charge in [0.05, 0.1) is 0 Å². The molecule has 0 bridgehead atoms. The first-order valence-electron chi connectivity index (χ1n) is 6.03. The Kier molecular flexibility index (Phi) is 3.13. The standard InChI is InChI=1S/C13H20O2/c1-9(2)13(14)15-12-7-6-10-4-3-5-11(10)8-12/h10-12H,1,3-8H2,2H3. The molecule has 2 fully saturated rings. The third kappa shape index (κ3) is 2.42. The molecule has 2 aliphatic rings. The van der Waals surface area contributed by atoms with Gasteiger partial charge in [-0.15, -0.1) is 0 Å². The number of hydrogen-bond donors (Lipinski definition) is 0. The molecule has 3 atom stereocenters. The van der Waals surface area contributed by atoms with Crippen LogP contribution in [0.4, 0.5) is 0 Å². The molecule has 84 valence electrons. The highest BCUT2D eigenvalue weighted by Gasteiger charge is 2.35. The fourth-order valence-electron chi connectivity index (χ4n) is 3.02. The van der Waals surface area contributed by atoms with Crippen LogP contribution in [0.15, 0.2) is 12.2 Å². The van der Waals surface area contributed by atoms with E-state index in [1.807, 2.05) is 0 Å². The van der Waals surface area contributed by atoms with E-state index in [0.29, 0.717) is 5.57 Å². The minimum absolute atomic E-state index is 0.161. The molecular weight excluding hydrogens is 188 g/mol. The first kappa shape index (κ1) is 10.7. The zero-order chi connectivity index (χ0) is 10.8. The molecule has 3 unspecified atom stereocenters. The van der Waals surface area contributed by atoms with Gasteiger partial charge in [-0.2, -0.15) is 0 Å². The average Bonchev–Trinajstić information content (AvgIpc) is 2.64. The Labute approximate surface area is 91.7 Å². The monoisotopic (exact) mass is 208 g/mol. The van der Waals surface area contributed by atoms with Crippen LogP contribution < -0.4 is 0 Å². The number of hydrogen-bond acceptors (Lipinski definition) is 2. The third-order valence-corrected chi connectivity index (χ3v) is 3.86. The molecule has 0 spiro atoms. The van der Waals surface area contributed by atoms with Crippen LogP contribution in [0.1, 0.15) is 45.4 Å². The summed E-state index contributed by atoms with van der Waals surface area (Å²) in [5.74, 6) is 1.53. The minimum atomic E-state index is -0.212. The van der Waals surface area contributed by atoms with Gasteiger partial charge in [-0.05, 0) is 38.0 Å². The molecule has 0 radical (unpaired) electrons. The van der Waals surface area contributed by atoms with Gasteiger partial charge in [-0.3, -0.25) is 0 Å². The first-order chi connectivity index (χ1) is 7.16. The fraction of sp³-hybridized carbons (Fsp3) is 0.769. The highest BCUT2D eigenvalue weighted by molar-refractivity contribution is 5.87. The average molecular weight is 208 g/mol. The summed E-state index contributed by atoms with van der Waals surface area (Å²) in [4.78, 5) is 11.4. The van der Waals surface area contributed by atoms with E-state index < -0.39 is 0 Å². The zero-order valence-electron chi connectivity index (χ0n) is 9.50. The molecule has 0 saturated heterocycles. The largest absolute Gasteiger partial charge is 0.459 e. The lowest BCUT2D eigenvalue weighted by atomic mass is 9.80. The van der Waals surface area contributed by atoms with Crippen LogP contribution in [0.2, 0.25) is 0 Å². The zero-order valence-corrected chi connectivity index (χ0v) is 9.50. The number of rotatable bonds is 2. The lowest BCUT2D eigenvalue weighted by Crippen LogP contribution is -2.28. The maximum Gasteiger partial charge on any atom is 0.333 e. The van der Waals surface area contributed by atoms with Gasteiger partial charge in [0.1, 0.15) is 6.10 Å². The Morgan fingerprint density at radius 1 is 1.20 bits per heavy atom. The summed E-state index contributed by atoms with van der Waals surface area (Å²) in [6, 6.07) is 0. The highest BCUT2D eigenvalue weighted by Crippen LogP contribution is 2.42. The Balaban J connectivity index is 1.85. The van der Waals surface area contributed by atoms with Crippen molar-refractivity contribution in [1.82, 2.24) is 0 Å². The molecule has 0 N–H and O–H groups in total. The van der Waals surface area contributed by atoms with Gasteiger partial charge in [0.25, 0.3) is 0 Å². The summed E-state index contributed by atoms with van der Waals surface area (Å²) in [6.07, 6.45) is 7.66. The van der Waals surface area contributed by atoms with E-state index in [1.54, 1.807) is 6.92 Å². The van der Waals surface area contributed by atoms with Gasteiger partial charge in [-0.25, -0.2) is 4.79 Å². The Hall–Kier alpha value is -0.790. The third-order valence-electron chi connectivity index (χ3n) is 3.86. The molecular formula is C13H20O2. The van der Waals surface area contributed by atoms with Crippen molar-refractivity contribution in [2.75, 3.05) is 0 Å². The maximum atomic E-state index is 11.4. The second-order valence-electron chi connectivity index (χ2n) is 5.07. The van der Waals surface area contributed by atoms with Gasteiger partial charge < -0.3 is 4.74 Å². The van der Waals surface area contributed by atoms with Gasteiger partial charge in [-0.1, -0.05) is 25.8 Å². The number of esters is 1. The SMILES string of the molecule is C=C(C)C(=O)OC1CCC2CCCC2C1. The van der Waals surface area contributed by atoms with Crippen molar-refractivity contribution in [3.05, 3.63) is 12.2 Å². The summed E-state index contributed by atoms with van der Waals surface area (Å²) in [5, 5.41) is 0. The van der Waals surface area contributed by atoms with Crippen LogP contribution in [0, 0.1) is 11.8 Å². The van der Waals surface area contributed by atoms with Gasteiger partial charge >= 0.3 is 5.97 Å². The van der Waals surface area contributed by atoms with E-state index in [4.69, 9.17) is 4.74 Å². The van der Waals surface area contributed by atoms with Crippen LogP contribution in [-0.2, 0) is 9.53 Å². The molecule has 0 aromatic carbocycles. The Morgan fingerprint density at radius 2 is 1.93 bits per heavy atom. The first-order valence-corrected chi connectivity index (χ1v) is 6.03. The lowest BCUT2D eigenvalue weighted by Gasteiger charge is -2.31. The van der Waals surface area contributed by atoms with Crippen molar-refractivity contribution in [3.63, 3.8) is 0 Å². The van der Waals surface area contributed by atoms with Gasteiger partial charge in [0.15, 0.2) is 0 Å². The molecule has 15 heavy (non-hydrogen) atoms. The van der Waals surface area contributed by atoms with Crippen molar-refractivity contribution in [2.24, 2.45) is 11.8 Å². The Morgan fingerprint density at radius 3 is 2.67 bits per heavy atom. The molecule has 2 saturated carbocycles. The van der Waals surface area contributed by atoms with Crippen molar-refractivity contribution in [1.29, 1.82) is 0 Å². The van der Waals surface area contributed by atoms with Crippen LogP contribution in [0.3, 0.4) is 0 Å². The quantitative estimate of drug-likeness (QED) is 0.515.